The fourth-order valence-corrected chi connectivity index (χ4v) is 4.21. The lowest BCUT2D eigenvalue weighted by molar-refractivity contribution is -0.141. The van der Waals surface area contributed by atoms with Crippen LogP contribution < -0.4 is 9.64 Å². The Labute approximate surface area is 177 Å². The molecule has 0 atom stereocenters. The summed E-state index contributed by atoms with van der Waals surface area (Å²) in [6.45, 7) is 2.36. The van der Waals surface area contributed by atoms with Gasteiger partial charge in [-0.05, 0) is 37.3 Å². The molecule has 1 fully saturated rings. The zero-order valence-corrected chi connectivity index (χ0v) is 17.2. The number of pyridine rings is 1. The van der Waals surface area contributed by atoms with Gasteiger partial charge in [-0.2, -0.15) is 0 Å². The maximum absolute atomic E-state index is 13.1. The molecule has 1 aliphatic heterocycles. The summed E-state index contributed by atoms with van der Waals surface area (Å²) in [6.07, 6.45) is 1.94. The molecule has 0 aliphatic carbocycles. The Morgan fingerprint density at radius 2 is 2.00 bits per heavy atom. The van der Waals surface area contributed by atoms with Gasteiger partial charge in [-0.1, -0.05) is 17.4 Å². The number of carbonyl (C=O) groups is 3. The predicted octanol–water partition coefficient (Wildman–Crippen LogP) is 2.77. The molecular formula is C21H20N4O4S. The fourth-order valence-electron chi connectivity index (χ4n) is 3.20. The van der Waals surface area contributed by atoms with E-state index < -0.39 is 0 Å². The molecule has 0 bridgehead atoms. The molecule has 8 nitrogen and oxygen atoms in total. The minimum Gasteiger partial charge on any atom is -0.494 e. The number of imide groups is 1. The average molecular weight is 424 g/mol. The summed E-state index contributed by atoms with van der Waals surface area (Å²) >= 11 is 1.35. The lowest BCUT2D eigenvalue weighted by atomic mass is 10.3. The number of thiazole rings is 1. The van der Waals surface area contributed by atoms with Crippen LogP contribution in [-0.4, -0.2) is 45.7 Å². The van der Waals surface area contributed by atoms with Gasteiger partial charge >= 0.3 is 0 Å². The van der Waals surface area contributed by atoms with Gasteiger partial charge in [0.15, 0.2) is 5.13 Å². The first-order valence-corrected chi connectivity index (χ1v) is 10.4. The van der Waals surface area contributed by atoms with Crippen molar-refractivity contribution >= 4 is 44.4 Å². The highest BCUT2D eigenvalue weighted by molar-refractivity contribution is 7.22. The summed E-state index contributed by atoms with van der Waals surface area (Å²) in [5.74, 6) is -0.294. The van der Waals surface area contributed by atoms with Crippen LogP contribution in [0.1, 0.15) is 25.5 Å². The second-order valence-corrected chi connectivity index (χ2v) is 7.74. The summed E-state index contributed by atoms with van der Waals surface area (Å²) in [4.78, 5) is 48.5. The van der Waals surface area contributed by atoms with E-state index in [0.29, 0.717) is 17.4 Å². The van der Waals surface area contributed by atoms with Crippen molar-refractivity contribution in [2.75, 3.05) is 18.1 Å². The maximum Gasteiger partial charge on any atom is 0.249 e. The Bertz CT molecular complexity index is 1080. The molecular weight excluding hydrogens is 404 g/mol. The predicted molar refractivity (Wildman–Crippen MR) is 112 cm³/mol. The number of amides is 3. The van der Waals surface area contributed by atoms with Crippen LogP contribution in [0.5, 0.6) is 5.75 Å². The SMILES string of the molecule is CCOc1ccc2nc(N(Cc3ccccn3)C(=O)CN3C(=O)CCC3=O)sc2c1. The molecule has 0 radical (unpaired) electrons. The molecule has 1 aliphatic rings. The van der Waals surface area contributed by atoms with Crippen LogP contribution in [-0.2, 0) is 20.9 Å². The monoisotopic (exact) mass is 424 g/mol. The van der Waals surface area contributed by atoms with Crippen molar-refractivity contribution in [1.82, 2.24) is 14.9 Å². The normalized spacial score (nSPS) is 13.8. The van der Waals surface area contributed by atoms with E-state index in [1.54, 1.807) is 12.3 Å². The van der Waals surface area contributed by atoms with Gasteiger partial charge in [0.05, 0.1) is 29.1 Å². The maximum atomic E-state index is 13.1. The summed E-state index contributed by atoms with van der Waals surface area (Å²) in [5, 5.41) is 0.480. The number of carbonyl (C=O) groups excluding carboxylic acids is 3. The number of nitrogens with zero attached hydrogens (tertiary/aromatic N) is 4. The zero-order valence-electron chi connectivity index (χ0n) is 16.4. The van der Waals surface area contributed by atoms with Crippen LogP contribution in [0.2, 0.25) is 0 Å². The van der Waals surface area contributed by atoms with Crippen molar-refractivity contribution in [3.05, 3.63) is 48.3 Å². The van der Waals surface area contributed by atoms with E-state index in [9.17, 15) is 14.4 Å². The highest BCUT2D eigenvalue weighted by atomic mass is 32.1. The number of anilines is 1. The van der Waals surface area contributed by atoms with Gasteiger partial charge < -0.3 is 4.74 Å². The fraction of sp³-hybridized carbons (Fsp3) is 0.286. The van der Waals surface area contributed by atoms with Gasteiger partial charge in [0.25, 0.3) is 0 Å². The molecule has 3 amide bonds. The summed E-state index contributed by atoms with van der Waals surface area (Å²) in [6, 6.07) is 11.0. The summed E-state index contributed by atoms with van der Waals surface area (Å²) < 4.78 is 6.42. The Morgan fingerprint density at radius 1 is 1.20 bits per heavy atom. The van der Waals surface area contributed by atoms with Gasteiger partial charge in [0.2, 0.25) is 17.7 Å². The van der Waals surface area contributed by atoms with Gasteiger partial charge in [0, 0.05) is 19.0 Å². The Kier molecular flexibility index (Phi) is 5.71. The average Bonchev–Trinajstić information content (AvgIpc) is 3.30. The number of rotatable bonds is 7. The molecule has 1 saturated heterocycles. The van der Waals surface area contributed by atoms with Crippen molar-refractivity contribution in [2.45, 2.75) is 26.3 Å². The molecule has 0 spiro atoms. The van der Waals surface area contributed by atoms with Gasteiger partial charge in [0.1, 0.15) is 12.3 Å². The largest absolute Gasteiger partial charge is 0.494 e. The molecule has 1 aromatic carbocycles. The first-order valence-electron chi connectivity index (χ1n) is 9.62. The van der Waals surface area contributed by atoms with Crippen molar-refractivity contribution in [3.63, 3.8) is 0 Å². The van der Waals surface area contributed by atoms with Crippen molar-refractivity contribution in [2.24, 2.45) is 0 Å². The van der Waals surface area contributed by atoms with E-state index in [-0.39, 0.29) is 43.7 Å². The number of likely N-dealkylation sites (tertiary alicyclic amines) is 1. The molecule has 3 heterocycles. The summed E-state index contributed by atoms with van der Waals surface area (Å²) in [5.41, 5.74) is 1.42. The van der Waals surface area contributed by atoms with Crippen LogP contribution in [0.15, 0.2) is 42.6 Å². The lowest BCUT2D eigenvalue weighted by Crippen LogP contribution is -2.42. The van der Waals surface area contributed by atoms with Crippen LogP contribution in [0.4, 0.5) is 5.13 Å². The topological polar surface area (TPSA) is 92.7 Å². The molecule has 30 heavy (non-hydrogen) atoms. The van der Waals surface area contributed by atoms with Crippen LogP contribution in [0, 0.1) is 0 Å². The van der Waals surface area contributed by atoms with E-state index in [0.717, 1.165) is 20.9 Å². The molecule has 0 saturated carbocycles. The van der Waals surface area contributed by atoms with Gasteiger partial charge in [-0.15, -0.1) is 0 Å². The lowest BCUT2D eigenvalue weighted by Gasteiger charge is -2.22. The molecule has 0 unspecified atom stereocenters. The first-order chi connectivity index (χ1) is 14.5. The number of ether oxygens (including phenoxy) is 1. The summed E-state index contributed by atoms with van der Waals surface area (Å²) in [7, 11) is 0. The number of fused-ring (bicyclic) bond motifs is 1. The van der Waals surface area contributed by atoms with E-state index in [1.165, 1.54) is 16.2 Å². The minimum absolute atomic E-state index is 0.147. The van der Waals surface area contributed by atoms with Crippen LogP contribution in [0.3, 0.4) is 0 Å². The highest BCUT2D eigenvalue weighted by Crippen LogP contribution is 2.32. The molecule has 2 aromatic heterocycles. The Hall–Kier alpha value is -3.33. The third-order valence-corrected chi connectivity index (χ3v) is 5.73. The Morgan fingerprint density at radius 3 is 2.70 bits per heavy atom. The number of benzene rings is 1. The number of hydrogen-bond acceptors (Lipinski definition) is 7. The van der Waals surface area contributed by atoms with E-state index in [4.69, 9.17) is 4.74 Å². The van der Waals surface area contributed by atoms with Crippen molar-refractivity contribution in [3.8, 4) is 5.75 Å². The third-order valence-electron chi connectivity index (χ3n) is 4.69. The first kappa shape index (κ1) is 20.0. The second-order valence-electron chi connectivity index (χ2n) is 6.73. The molecule has 154 valence electrons. The van der Waals surface area contributed by atoms with Crippen molar-refractivity contribution in [1.29, 1.82) is 0 Å². The van der Waals surface area contributed by atoms with Gasteiger partial charge in [-0.3, -0.25) is 29.2 Å². The van der Waals surface area contributed by atoms with E-state index in [2.05, 4.69) is 9.97 Å². The standard InChI is InChI=1S/C21H20N4O4S/c1-2-29-15-6-7-16-17(11-15)30-21(23-16)25(12-14-5-3-4-10-22-14)20(28)13-24-18(26)8-9-19(24)27/h3-7,10-11H,2,8-9,12-13H2,1H3. The Balaban J connectivity index is 1.66. The zero-order chi connectivity index (χ0) is 21.1. The molecule has 4 rings (SSSR count). The number of aromatic nitrogens is 2. The van der Waals surface area contributed by atoms with Crippen LogP contribution >= 0.6 is 11.3 Å². The number of hydrogen-bond donors (Lipinski definition) is 0. The molecule has 9 heteroatoms. The van der Waals surface area contributed by atoms with Crippen LogP contribution in [0.25, 0.3) is 10.2 Å². The van der Waals surface area contributed by atoms with E-state index >= 15 is 0 Å². The molecule has 3 aromatic rings. The van der Waals surface area contributed by atoms with Gasteiger partial charge in [-0.25, -0.2) is 4.98 Å². The second kappa shape index (κ2) is 8.58. The smallest absolute Gasteiger partial charge is 0.249 e. The van der Waals surface area contributed by atoms with Crippen molar-refractivity contribution < 1.29 is 19.1 Å². The highest BCUT2D eigenvalue weighted by Gasteiger charge is 2.33. The van der Waals surface area contributed by atoms with E-state index in [1.807, 2.05) is 37.3 Å². The molecule has 0 N–H and O–H groups in total. The minimum atomic E-state index is -0.381. The quantitative estimate of drug-likeness (QED) is 0.542. The third kappa shape index (κ3) is 4.16.